The van der Waals surface area contributed by atoms with Crippen molar-refractivity contribution in [1.29, 1.82) is 0 Å². The molecule has 0 amide bonds. The summed E-state index contributed by atoms with van der Waals surface area (Å²) in [6.45, 7) is 0.812. The number of allylic oxidation sites excluding steroid dienone is 3. The van der Waals surface area contributed by atoms with Gasteiger partial charge in [0.1, 0.15) is 0 Å². The molecule has 0 aromatic heterocycles. The monoisotopic (exact) mass is 279 g/mol. The topological polar surface area (TPSA) is 9.23 Å². The van der Waals surface area contributed by atoms with Crippen molar-refractivity contribution in [2.24, 2.45) is 0 Å². The molecule has 1 aliphatic carbocycles. The van der Waals surface area contributed by atoms with Gasteiger partial charge in [0.15, 0.2) is 0 Å². The van der Waals surface area contributed by atoms with E-state index in [1.54, 1.807) is 7.11 Å². The molecule has 13 heavy (non-hydrogen) atoms. The van der Waals surface area contributed by atoms with Gasteiger partial charge in [0.2, 0.25) is 0 Å². The summed E-state index contributed by atoms with van der Waals surface area (Å²) in [5.74, 6) is 0. The van der Waals surface area contributed by atoms with Crippen LogP contribution in [0.2, 0.25) is 0 Å². The molecule has 0 saturated carbocycles. The Morgan fingerprint density at radius 3 is 2.38 bits per heavy atom. The largest absolute Gasteiger partial charge is 0.384 e. The van der Waals surface area contributed by atoms with Crippen LogP contribution in [0.15, 0.2) is 17.7 Å². The van der Waals surface area contributed by atoms with E-state index in [1.807, 2.05) is 0 Å². The molecule has 5 heteroatoms. The second-order valence-corrected chi connectivity index (χ2v) is 2.05. The van der Waals surface area contributed by atoms with Crippen LogP contribution in [0, 0.1) is 6.08 Å². The van der Waals surface area contributed by atoms with E-state index < -0.39 is 0 Å². The smallest absolute Gasteiger partial charge is 0.0473 e. The van der Waals surface area contributed by atoms with Crippen LogP contribution in [0.5, 0.6) is 0 Å². The maximum absolute atomic E-state index is 4.91. The Balaban J connectivity index is -0.000000101. The summed E-state index contributed by atoms with van der Waals surface area (Å²) >= 11 is 0. The number of hydrogen-bond donors (Lipinski definition) is 0. The maximum Gasteiger partial charge on any atom is 0.0473 e. The van der Waals surface area contributed by atoms with Gasteiger partial charge in [-0.1, -0.05) is 0 Å². The zero-order valence-corrected chi connectivity index (χ0v) is 11.4. The van der Waals surface area contributed by atoms with E-state index in [1.165, 1.54) is 5.57 Å². The van der Waals surface area contributed by atoms with Crippen LogP contribution >= 0.6 is 37.2 Å². The van der Waals surface area contributed by atoms with Crippen molar-refractivity contribution in [2.75, 3.05) is 13.7 Å². The Morgan fingerprint density at radius 1 is 1.38 bits per heavy atom. The Bertz CT molecular complexity index is 148. The molecular weight excluding hydrogens is 266 g/mol. The van der Waals surface area contributed by atoms with Gasteiger partial charge in [-0.15, -0.1) is 43.6 Å². The third-order valence-corrected chi connectivity index (χ3v) is 1.34. The summed E-state index contributed by atoms with van der Waals surface area (Å²) in [5.41, 5.74) is 1.29. The molecule has 0 saturated heterocycles. The number of ether oxygens (including phenoxy) is 1. The van der Waals surface area contributed by atoms with Crippen molar-refractivity contribution in [1.82, 2.24) is 0 Å². The minimum absolute atomic E-state index is 0. The molecule has 0 fully saturated rings. The van der Waals surface area contributed by atoms with Gasteiger partial charge in [-0.25, -0.2) is 11.6 Å². The predicted octanol–water partition coefficient (Wildman–Crippen LogP) is 2.98. The maximum atomic E-state index is 4.91. The van der Waals surface area contributed by atoms with E-state index in [2.05, 4.69) is 18.2 Å². The summed E-state index contributed by atoms with van der Waals surface area (Å²) in [5, 5.41) is 0. The quantitative estimate of drug-likeness (QED) is 0.570. The van der Waals surface area contributed by atoms with Crippen molar-refractivity contribution in [2.45, 2.75) is 12.8 Å². The molecule has 0 spiro atoms. The Kier molecular flexibility index (Phi) is 28.2. The van der Waals surface area contributed by atoms with Gasteiger partial charge in [0, 0.05) is 35.4 Å². The fraction of sp³-hybridized carbons (Fsp3) is 0.500. The molecule has 0 bridgehead atoms. The van der Waals surface area contributed by atoms with Crippen LogP contribution in [-0.2, 0) is 26.5 Å². The van der Waals surface area contributed by atoms with Crippen molar-refractivity contribution in [3.63, 3.8) is 0 Å². The van der Waals surface area contributed by atoms with Crippen LogP contribution in [0.1, 0.15) is 12.8 Å². The first-order valence-electron chi connectivity index (χ1n) is 3.18. The van der Waals surface area contributed by atoms with Crippen LogP contribution in [0.3, 0.4) is 0 Å². The average molecular weight is 280 g/mol. The second kappa shape index (κ2) is 15.5. The number of rotatable bonds is 3. The summed E-state index contributed by atoms with van der Waals surface area (Å²) < 4.78 is 4.91. The predicted molar refractivity (Wildman–Crippen MR) is 58.8 cm³/mol. The average Bonchev–Trinajstić information content (AvgIpc) is 2.34. The van der Waals surface area contributed by atoms with Crippen molar-refractivity contribution >= 4 is 37.2 Å². The third-order valence-electron chi connectivity index (χ3n) is 1.34. The van der Waals surface area contributed by atoms with Crippen LogP contribution in [-0.4, -0.2) is 13.7 Å². The van der Waals surface area contributed by atoms with Gasteiger partial charge >= 0.3 is 0 Å². The molecule has 0 atom stereocenters. The van der Waals surface area contributed by atoms with Crippen molar-refractivity contribution in [3.05, 3.63) is 23.8 Å². The Labute approximate surface area is 113 Å². The van der Waals surface area contributed by atoms with Crippen molar-refractivity contribution in [3.8, 4) is 0 Å². The molecule has 78 valence electrons. The normalized spacial score (nSPS) is 11.3. The second-order valence-electron chi connectivity index (χ2n) is 2.05. The molecule has 0 aliphatic heterocycles. The molecule has 0 aromatic rings. The fourth-order valence-electron chi connectivity index (χ4n) is 0.834. The van der Waals surface area contributed by atoms with E-state index in [4.69, 9.17) is 4.74 Å². The van der Waals surface area contributed by atoms with Gasteiger partial charge < -0.3 is 4.74 Å². The van der Waals surface area contributed by atoms with E-state index in [0.29, 0.717) is 0 Å². The fourth-order valence-corrected chi connectivity index (χ4v) is 0.834. The minimum atomic E-state index is 0. The zero-order valence-electron chi connectivity index (χ0n) is 7.41. The number of methoxy groups -OCH3 is 1. The summed E-state index contributed by atoms with van der Waals surface area (Å²) in [7, 11) is 1.72. The Hall–Kier alpha value is 1.02. The first kappa shape index (κ1) is 23.7. The van der Waals surface area contributed by atoms with Crippen LogP contribution in [0.25, 0.3) is 0 Å². The SMILES string of the molecule is COCCC1=[C-]CC=C1.Cl.Cl.Cl.[Ti]. The van der Waals surface area contributed by atoms with Crippen LogP contribution < -0.4 is 0 Å². The number of halogens is 3. The molecule has 0 heterocycles. The standard InChI is InChI=1S/C8H11O.3ClH.Ti/c1-9-7-6-8-4-2-3-5-8;;;;/h2,4H,3,6-7H2,1H3;3*1H;/q-1;;;;. The first-order chi connectivity index (χ1) is 4.43. The van der Waals surface area contributed by atoms with Crippen molar-refractivity contribution < 1.29 is 26.5 Å². The van der Waals surface area contributed by atoms with E-state index >= 15 is 0 Å². The summed E-state index contributed by atoms with van der Waals surface area (Å²) in [6.07, 6.45) is 9.44. The van der Waals surface area contributed by atoms with Gasteiger partial charge in [-0.2, -0.15) is 6.08 Å². The van der Waals surface area contributed by atoms with Gasteiger partial charge in [0.05, 0.1) is 0 Å². The van der Waals surface area contributed by atoms with E-state index in [9.17, 15) is 0 Å². The third kappa shape index (κ3) is 10.9. The molecule has 0 radical (unpaired) electrons. The summed E-state index contributed by atoms with van der Waals surface area (Å²) in [6, 6.07) is 0. The molecular formula is C8H14Cl3OTi-. The Morgan fingerprint density at radius 2 is 2.00 bits per heavy atom. The van der Waals surface area contributed by atoms with E-state index in [-0.39, 0.29) is 58.9 Å². The molecule has 1 aliphatic rings. The molecule has 1 nitrogen and oxygen atoms in total. The van der Waals surface area contributed by atoms with Crippen LogP contribution in [0.4, 0.5) is 0 Å². The molecule has 1 rings (SSSR count). The minimum Gasteiger partial charge on any atom is -0.384 e. The molecule has 0 N–H and O–H groups in total. The van der Waals surface area contributed by atoms with Gasteiger partial charge in [-0.05, 0) is 6.42 Å². The first-order valence-corrected chi connectivity index (χ1v) is 3.18. The number of hydrogen-bond acceptors (Lipinski definition) is 1. The van der Waals surface area contributed by atoms with E-state index in [0.717, 1.165) is 19.4 Å². The zero-order chi connectivity index (χ0) is 6.53. The van der Waals surface area contributed by atoms with Gasteiger partial charge in [-0.3, -0.25) is 6.08 Å². The summed E-state index contributed by atoms with van der Waals surface area (Å²) in [4.78, 5) is 0. The molecule has 0 aromatic carbocycles. The van der Waals surface area contributed by atoms with Gasteiger partial charge in [0.25, 0.3) is 0 Å². The molecule has 0 unspecified atom stereocenters.